The Labute approximate surface area is 338 Å². The highest BCUT2D eigenvalue weighted by molar-refractivity contribution is 7.87. The fourth-order valence-electron chi connectivity index (χ4n) is 6.84. The molecule has 57 heavy (non-hydrogen) atoms. The molecule has 0 bridgehead atoms. The number of aryl methyl sites for hydroxylation is 2. The summed E-state index contributed by atoms with van der Waals surface area (Å²) in [6.07, 6.45) is 43.2. The molecule has 0 amide bonds. The molecule has 1 aromatic heterocycles. The zero-order chi connectivity index (χ0) is 43.1. The minimum atomic E-state index is -7.37. The molecule has 0 aliphatic carbocycles. The van der Waals surface area contributed by atoms with Crippen LogP contribution in [0.25, 0.3) is 0 Å². The zero-order valence-electron chi connectivity index (χ0n) is 35.0. The van der Waals surface area contributed by atoms with Crippen molar-refractivity contribution >= 4 is 10.1 Å². The molecule has 0 atom stereocenters. The third kappa shape index (κ3) is 23.8. The zero-order valence-corrected chi connectivity index (χ0v) is 35.8. The number of imidazole rings is 1. The van der Waals surface area contributed by atoms with Gasteiger partial charge in [-0.3, -0.25) is 4.55 Å². The van der Waals surface area contributed by atoms with E-state index in [1.54, 1.807) is 0 Å². The summed E-state index contributed by atoms with van der Waals surface area (Å²) in [7, 11) is -7.17. The normalized spacial score (nSPS) is 12.9. The van der Waals surface area contributed by atoms with Crippen LogP contribution in [-0.2, 0) is 23.1 Å². The molecule has 0 radical (unpaired) electrons. The molecule has 1 aromatic rings. The van der Waals surface area contributed by atoms with Gasteiger partial charge in [0.15, 0.2) is 0 Å². The second-order valence-corrected chi connectivity index (χ2v) is 17.2. The average Bonchev–Trinajstić information content (AvgIpc) is 3.59. The van der Waals surface area contributed by atoms with Gasteiger partial charge in [-0.1, -0.05) is 194 Å². The first kappa shape index (κ1) is 55.5. The summed E-state index contributed by atoms with van der Waals surface area (Å²) in [6.45, 7) is 5.82. The van der Waals surface area contributed by atoms with Crippen molar-refractivity contribution in [1.82, 2.24) is 4.98 Å². The summed E-state index contributed by atoms with van der Waals surface area (Å²) < 4.78 is 136. The Balaban J connectivity index is 0.00000154. The molecule has 0 unspecified atom stereocenters. The van der Waals surface area contributed by atoms with Crippen LogP contribution in [0.1, 0.15) is 219 Å². The Hall–Kier alpha value is -1.51. The predicted molar refractivity (Wildman–Crippen MR) is 212 cm³/mol. The molecule has 1 heterocycles. The lowest BCUT2D eigenvalue weighted by Gasteiger charge is -2.31. The molecule has 0 saturated heterocycles. The van der Waals surface area contributed by atoms with Crippen molar-refractivity contribution in [3.8, 4) is 0 Å². The van der Waals surface area contributed by atoms with E-state index >= 15 is 0 Å². The maximum atomic E-state index is 12.2. The number of aromatic nitrogens is 2. The lowest BCUT2D eigenvalue weighted by Crippen LogP contribution is -2.63. The standard InChI is InChI=1S/C38H74N2.C4HF9O3S/c1-3-5-7-9-11-13-15-17-19-21-23-25-27-29-31-33-36-40-37-35-39-38(40)34-32-30-28-26-24-22-20-18-16-14-12-10-8-6-4-2;5-1(6,3(9,10)11)2(7,8)4(12,13)17(14,15)16/h35,37H,3-34,36H2,1-2H3;(H,14,15,16)/p+1. The maximum Gasteiger partial charge on any atom is 0.460 e. The van der Waals surface area contributed by atoms with Crippen LogP contribution < -0.4 is 4.57 Å². The summed E-state index contributed by atoms with van der Waals surface area (Å²) in [5.74, 6) is -13.3. The van der Waals surface area contributed by atoms with Crippen molar-refractivity contribution in [1.29, 1.82) is 0 Å². The number of nitrogens with one attached hydrogen (secondary N) is 1. The number of halogens is 9. The third-order valence-corrected chi connectivity index (χ3v) is 11.5. The van der Waals surface area contributed by atoms with Gasteiger partial charge in [0.25, 0.3) is 5.82 Å². The number of hydrogen-bond donors (Lipinski definition) is 2. The summed E-state index contributed by atoms with van der Waals surface area (Å²) in [5, 5.41) is -7.00. The van der Waals surface area contributed by atoms with Crippen molar-refractivity contribution < 1.29 is 57.1 Å². The van der Waals surface area contributed by atoms with Crippen LogP contribution in [0.15, 0.2) is 12.4 Å². The first-order valence-corrected chi connectivity index (χ1v) is 23.5. The first-order valence-electron chi connectivity index (χ1n) is 22.1. The molecule has 0 spiro atoms. The van der Waals surface area contributed by atoms with E-state index in [-0.39, 0.29) is 0 Å². The van der Waals surface area contributed by atoms with Gasteiger partial charge in [-0.15, -0.1) is 0 Å². The number of H-pyrrole nitrogens is 1. The lowest BCUT2D eigenvalue weighted by atomic mass is 10.0. The molecule has 5 nitrogen and oxygen atoms in total. The van der Waals surface area contributed by atoms with Crippen LogP contribution in [0, 0.1) is 0 Å². The van der Waals surface area contributed by atoms with E-state index < -0.39 is 33.4 Å². The second kappa shape index (κ2) is 31.4. The van der Waals surface area contributed by atoms with Gasteiger partial charge in [0.1, 0.15) is 12.4 Å². The van der Waals surface area contributed by atoms with E-state index in [1.807, 2.05) is 0 Å². The smallest absolute Gasteiger partial charge is 0.281 e. The number of unbranched alkanes of at least 4 members (excludes halogenated alkanes) is 29. The predicted octanol–water partition coefficient (Wildman–Crippen LogP) is 15.3. The first-order chi connectivity index (χ1) is 26.9. The van der Waals surface area contributed by atoms with Crippen molar-refractivity contribution in [2.45, 2.75) is 249 Å². The van der Waals surface area contributed by atoms with Gasteiger partial charge in [-0.05, 0) is 19.3 Å². The topological polar surface area (TPSA) is 74.0 Å². The molecule has 1 rings (SSSR count). The van der Waals surface area contributed by atoms with Crippen LogP contribution in [0.3, 0.4) is 0 Å². The van der Waals surface area contributed by atoms with Crippen LogP contribution in [0.2, 0.25) is 0 Å². The molecule has 15 heteroatoms. The highest BCUT2D eigenvalue weighted by atomic mass is 32.2. The number of rotatable bonds is 36. The van der Waals surface area contributed by atoms with Crippen molar-refractivity contribution in [2.75, 3.05) is 0 Å². The number of alkyl halides is 9. The summed E-state index contributed by atoms with van der Waals surface area (Å²) in [5.41, 5.74) is 0. The molecular formula is C42H76F9N2O3S+. The molecule has 0 aliphatic rings. The monoisotopic (exact) mass is 860 g/mol. The number of nitrogens with zero attached hydrogens (tertiary/aromatic N) is 1. The Bertz CT molecular complexity index is 1200. The molecule has 0 aromatic carbocycles. The summed E-state index contributed by atoms with van der Waals surface area (Å²) >= 11 is 0. The highest BCUT2D eigenvalue weighted by Gasteiger charge is 2.85. The number of hydrogen-bond acceptors (Lipinski definition) is 2. The van der Waals surface area contributed by atoms with Crippen molar-refractivity contribution in [3.63, 3.8) is 0 Å². The van der Waals surface area contributed by atoms with Crippen molar-refractivity contribution in [3.05, 3.63) is 18.2 Å². The van der Waals surface area contributed by atoms with E-state index in [9.17, 15) is 47.9 Å². The highest BCUT2D eigenvalue weighted by Crippen LogP contribution is 2.54. The Morgan fingerprint density at radius 2 is 0.789 bits per heavy atom. The van der Waals surface area contributed by atoms with Crippen LogP contribution in [0.5, 0.6) is 0 Å². The van der Waals surface area contributed by atoms with Crippen LogP contribution in [0.4, 0.5) is 39.5 Å². The lowest BCUT2D eigenvalue weighted by molar-refractivity contribution is -0.703. The van der Waals surface area contributed by atoms with E-state index in [4.69, 9.17) is 4.55 Å². The quantitative estimate of drug-likeness (QED) is 0.0305. The van der Waals surface area contributed by atoms with E-state index in [0.29, 0.717) is 0 Å². The largest absolute Gasteiger partial charge is 0.460 e. The van der Waals surface area contributed by atoms with Gasteiger partial charge >= 0.3 is 33.4 Å². The SMILES string of the molecule is CCCCCCCCCCCCCCCCCC[n+]1cc[nH]c1CCCCCCCCCCCCCCCCC.O=S(=O)(O)C(F)(F)C(F)(F)C(F)(F)C(F)(F)F. The van der Waals surface area contributed by atoms with Gasteiger partial charge in [0.05, 0.1) is 6.54 Å². The van der Waals surface area contributed by atoms with Gasteiger partial charge in [0, 0.05) is 6.42 Å². The van der Waals surface area contributed by atoms with Gasteiger partial charge in [0.2, 0.25) is 0 Å². The molecule has 340 valence electrons. The minimum absolute atomic E-state index is 1.20. The molecule has 2 N–H and O–H groups in total. The molecule has 0 fully saturated rings. The van der Waals surface area contributed by atoms with Crippen LogP contribution in [-0.4, -0.2) is 41.2 Å². The summed E-state index contributed by atoms with van der Waals surface area (Å²) in [6, 6.07) is 0. The van der Waals surface area contributed by atoms with Crippen molar-refractivity contribution in [2.24, 2.45) is 0 Å². The molecular weight excluding hydrogens is 784 g/mol. The summed E-state index contributed by atoms with van der Waals surface area (Å²) in [4.78, 5) is 3.52. The van der Waals surface area contributed by atoms with E-state index in [1.165, 1.54) is 218 Å². The molecule has 0 saturated carbocycles. The van der Waals surface area contributed by atoms with Gasteiger partial charge < -0.3 is 0 Å². The van der Waals surface area contributed by atoms with Gasteiger partial charge in [-0.25, -0.2) is 9.55 Å². The van der Waals surface area contributed by atoms with Gasteiger partial charge in [-0.2, -0.15) is 47.9 Å². The fourth-order valence-corrected chi connectivity index (χ4v) is 7.29. The molecule has 0 aliphatic heterocycles. The third-order valence-electron chi connectivity index (χ3n) is 10.6. The minimum Gasteiger partial charge on any atom is -0.281 e. The maximum absolute atomic E-state index is 12.2. The Kier molecular flexibility index (Phi) is 30.5. The average molecular weight is 860 g/mol. The Morgan fingerprint density at radius 3 is 1.09 bits per heavy atom. The van der Waals surface area contributed by atoms with E-state index in [2.05, 4.69) is 35.8 Å². The van der Waals surface area contributed by atoms with E-state index in [0.717, 1.165) is 0 Å². The fraction of sp³-hybridized carbons (Fsp3) is 0.929. The number of aromatic amines is 1. The Morgan fingerprint density at radius 1 is 0.491 bits per heavy atom. The second-order valence-electron chi connectivity index (χ2n) is 15.7. The van der Waals surface area contributed by atoms with Crippen LogP contribution >= 0.6 is 0 Å².